The monoisotopic (exact) mass is 263 g/mol. The number of benzene rings is 1. The Morgan fingerprint density at radius 1 is 1.22 bits per heavy atom. The molecule has 4 nitrogen and oxygen atoms in total. The van der Waals surface area contributed by atoms with Crippen LogP contribution in [0.25, 0.3) is 11.0 Å². The van der Waals surface area contributed by atoms with E-state index in [-0.39, 0.29) is 0 Å². The SMILES string of the molecule is OC1(CNc2cccc3nsnc23)CCCCC1. The molecule has 1 aromatic heterocycles. The summed E-state index contributed by atoms with van der Waals surface area (Å²) in [6.45, 7) is 0.601. The lowest BCUT2D eigenvalue weighted by Gasteiger charge is -2.32. The molecule has 0 atom stereocenters. The molecule has 2 aromatic rings. The Hall–Kier alpha value is -1.20. The van der Waals surface area contributed by atoms with Crippen LogP contribution in [0.5, 0.6) is 0 Å². The normalized spacial score (nSPS) is 18.9. The Balaban J connectivity index is 1.74. The van der Waals surface area contributed by atoms with Crippen LogP contribution >= 0.6 is 11.7 Å². The van der Waals surface area contributed by atoms with Crippen LogP contribution in [0.3, 0.4) is 0 Å². The molecule has 0 radical (unpaired) electrons. The van der Waals surface area contributed by atoms with E-state index >= 15 is 0 Å². The molecule has 5 heteroatoms. The van der Waals surface area contributed by atoms with Crippen LogP contribution in [-0.4, -0.2) is 26.0 Å². The van der Waals surface area contributed by atoms with Crippen LogP contribution < -0.4 is 5.32 Å². The van der Waals surface area contributed by atoms with Gasteiger partial charge >= 0.3 is 0 Å². The van der Waals surface area contributed by atoms with Gasteiger partial charge in [0.15, 0.2) is 0 Å². The summed E-state index contributed by atoms with van der Waals surface area (Å²) in [6.07, 6.45) is 5.28. The lowest BCUT2D eigenvalue weighted by atomic mass is 9.85. The molecule has 96 valence electrons. The number of anilines is 1. The Kier molecular flexibility index (Phi) is 3.18. The summed E-state index contributed by atoms with van der Waals surface area (Å²) in [5, 5.41) is 13.8. The second kappa shape index (κ2) is 4.82. The third-order valence-electron chi connectivity index (χ3n) is 3.68. The van der Waals surface area contributed by atoms with Crippen LogP contribution in [0.2, 0.25) is 0 Å². The van der Waals surface area contributed by atoms with E-state index in [4.69, 9.17) is 0 Å². The second-order valence-electron chi connectivity index (χ2n) is 5.08. The first kappa shape index (κ1) is 11.9. The van der Waals surface area contributed by atoms with Gasteiger partial charge in [-0.15, -0.1) is 0 Å². The maximum absolute atomic E-state index is 10.5. The summed E-state index contributed by atoms with van der Waals surface area (Å²) in [4.78, 5) is 0. The molecule has 2 N–H and O–H groups in total. The molecule has 0 aliphatic heterocycles. The van der Waals surface area contributed by atoms with Gasteiger partial charge in [-0.1, -0.05) is 25.3 Å². The summed E-state index contributed by atoms with van der Waals surface area (Å²) in [6, 6.07) is 5.92. The highest BCUT2D eigenvalue weighted by Crippen LogP contribution is 2.29. The molecule has 1 aromatic carbocycles. The minimum atomic E-state index is -0.552. The molecular weight excluding hydrogens is 246 g/mol. The number of rotatable bonds is 3. The average molecular weight is 263 g/mol. The van der Waals surface area contributed by atoms with Gasteiger partial charge in [-0.05, 0) is 25.0 Å². The summed E-state index contributed by atoms with van der Waals surface area (Å²) >= 11 is 1.23. The topological polar surface area (TPSA) is 58.0 Å². The zero-order valence-corrected chi connectivity index (χ0v) is 11.0. The van der Waals surface area contributed by atoms with E-state index in [1.165, 1.54) is 18.1 Å². The van der Waals surface area contributed by atoms with Gasteiger partial charge in [0.25, 0.3) is 0 Å². The Morgan fingerprint density at radius 3 is 2.89 bits per heavy atom. The summed E-state index contributed by atoms with van der Waals surface area (Å²) in [5.74, 6) is 0. The first-order chi connectivity index (χ1) is 8.77. The number of nitrogens with zero attached hydrogens (tertiary/aromatic N) is 2. The molecule has 1 fully saturated rings. The van der Waals surface area contributed by atoms with E-state index in [2.05, 4.69) is 14.1 Å². The van der Waals surface area contributed by atoms with E-state index in [9.17, 15) is 5.11 Å². The minimum Gasteiger partial charge on any atom is -0.388 e. The third kappa shape index (κ3) is 2.33. The number of nitrogens with one attached hydrogen (secondary N) is 1. The molecule has 0 amide bonds. The van der Waals surface area contributed by atoms with Gasteiger partial charge in [-0.25, -0.2) is 0 Å². The summed E-state index contributed by atoms with van der Waals surface area (Å²) in [5.41, 5.74) is 2.24. The van der Waals surface area contributed by atoms with Crippen LogP contribution in [0.1, 0.15) is 32.1 Å². The lowest BCUT2D eigenvalue weighted by molar-refractivity contribution is 0.0167. The highest BCUT2D eigenvalue weighted by Gasteiger charge is 2.28. The smallest absolute Gasteiger partial charge is 0.127 e. The third-order valence-corrected chi connectivity index (χ3v) is 4.22. The average Bonchev–Trinajstić information content (AvgIpc) is 2.86. The predicted molar refractivity (Wildman–Crippen MR) is 73.9 cm³/mol. The van der Waals surface area contributed by atoms with Crippen molar-refractivity contribution in [2.45, 2.75) is 37.7 Å². The highest BCUT2D eigenvalue weighted by atomic mass is 32.1. The fourth-order valence-electron chi connectivity index (χ4n) is 2.60. The van der Waals surface area contributed by atoms with Crippen molar-refractivity contribution in [3.63, 3.8) is 0 Å². The van der Waals surface area contributed by atoms with Crippen molar-refractivity contribution >= 4 is 28.4 Å². The van der Waals surface area contributed by atoms with Gasteiger partial charge in [0, 0.05) is 6.54 Å². The molecule has 0 unspecified atom stereocenters. The van der Waals surface area contributed by atoms with Crippen LogP contribution in [0.15, 0.2) is 18.2 Å². The van der Waals surface area contributed by atoms with Crippen molar-refractivity contribution in [1.82, 2.24) is 8.75 Å². The first-order valence-electron chi connectivity index (χ1n) is 6.44. The summed E-state index contributed by atoms with van der Waals surface area (Å²) in [7, 11) is 0. The molecule has 0 saturated heterocycles. The van der Waals surface area contributed by atoms with Crippen LogP contribution in [0.4, 0.5) is 5.69 Å². The number of aromatic nitrogens is 2. The molecule has 1 heterocycles. The van der Waals surface area contributed by atoms with E-state index in [1.807, 2.05) is 18.2 Å². The number of fused-ring (bicyclic) bond motifs is 1. The molecule has 0 spiro atoms. The molecule has 1 aliphatic rings. The molecule has 1 aliphatic carbocycles. The van der Waals surface area contributed by atoms with Crippen LogP contribution in [0, 0.1) is 0 Å². The largest absolute Gasteiger partial charge is 0.388 e. The second-order valence-corrected chi connectivity index (χ2v) is 5.60. The fourth-order valence-corrected chi connectivity index (χ4v) is 3.14. The minimum absolute atomic E-state index is 0.552. The van der Waals surface area contributed by atoms with Crippen molar-refractivity contribution in [2.24, 2.45) is 0 Å². The zero-order valence-electron chi connectivity index (χ0n) is 10.2. The first-order valence-corrected chi connectivity index (χ1v) is 7.17. The Morgan fingerprint density at radius 2 is 2.06 bits per heavy atom. The standard InChI is InChI=1S/C13H17N3OS/c17-13(7-2-1-3-8-13)9-14-10-5-4-6-11-12(10)16-18-15-11/h4-6,14,17H,1-3,7-9H2. The van der Waals surface area contributed by atoms with Gasteiger partial charge in [0.1, 0.15) is 11.0 Å². The van der Waals surface area contributed by atoms with E-state index < -0.39 is 5.60 Å². The molecule has 1 saturated carbocycles. The van der Waals surface area contributed by atoms with Crippen molar-refractivity contribution in [2.75, 3.05) is 11.9 Å². The van der Waals surface area contributed by atoms with Crippen molar-refractivity contribution in [3.05, 3.63) is 18.2 Å². The van der Waals surface area contributed by atoms with E-state index in [1.54, 1.807) is 0 Å². The Bertz CT molecular complexity index is 534. The highest BCUT2D eigenvalue weighted by molar-refractivity contribution is 7.00. The quantitative estimate of drug-likeness (QED) is 0.894. The van der Waals surface area contributed by atoms with Gasteiger partial charge < -0.3 is 10.4 Å². The number of aliphatic hydroxyl groups is 1. The van der Waals surface area contributed by atoms with Crippen LogP contribution in [-0.2, 0) is 0 Å². The lowest BCUT2D eigenvalue weighted by Crippen LogP contribution is -2.38. The Labute approximate surface area is 110 Å². The van der Waals surface area contributed by atoms with Gasteiger partial charge in [-0.3, -0.25) is 0 Å². The maximum Gasteiger partial charge on any atom is 0.127 e. The van der Waals surface area contributed by atoms with Gasteiger partial charge in [-0.2, -0.15) is 8.75 Å². The van der Waals surface area contributed by atoms with Gasteiger partial charge in [0.2, 0.25) is 0 Å². The van der Waals surface area contributed by atoms with E-state index in [0.717, 1.165) is 42.4 Å². The van der Waals surface area contributed by atoms with Gasteiger partial charge in [0.05, 0.1) is 23.0 Å². The van der Waals surface area contributed by atoms with Crippen molar-refractivity contribution in [3.8, 4) is 0 Å². The summed E-state index contributed by atoms with van der Waals surface area (Å²) < 4.78 is 8.51. The zero-order chi connectivity index (χ0) is 12.4. The molecular formula is C13H17N3OS. The number of hydrogen-bond donors (Lipinski definition) is 2. The predicted octanol–water partition coefficient (Wildman–Crippen LogP) is 2.80. The molecule has 18 heavy (non-hydrogen) atoms. The fraction of sp³-hybridized carbons (Fsp3) is 0.538. The van der Waals surface area contributed by atoms with Crippen molar-refractivity contribution in [1.29, 1.82) is 0 Å². The number of hydrogen-bond acceptors (Lipinski definition) is 5. The molecule has 0 bridgehead atoms. The van der Waals surface area contributed by atoms with Crippen molar-refractivity contribution < 1.29 is 5.11 Å². The molecule has 3 rings (SSSR count). The maximum atomic E-state index is 10.5. The van der Waals surface area contributed by atoms with E-state index in [0.29, 0.717) is 6.54 Å².